The Bertz CT molecular complexity index is 732. The number of thioether (sulfide) groups is 1. The SMILES string of the molecule is C=CCOc1c(Br)cc(/C=C2\SC(=O)N(CCCC)C2=O)cc1OCC. The third-order valence-electron chi connectivity index (χ3n) is 3.58. The Balaban J connectivity index is 2.31. The fraction of sp³-hybridized carbons (Fsp3) is 0.368. The minimum absolute atomic E-state index is 0.218. The molecule has 26 heavy (non-hydrogen) atoms. The molecule has 2 amide bonds. The van der Waals surface area contributed by atoms with Gasteiger partial charge in [0.2, 0.25) is 0 Å². The topological polar surface area (TPSA) is 55.8 Å². The molecule has 0 spiro atoms. The van der Waals surface area contributed by atoms with E-state index in [0.29, 0.717) is 40.6 Å². The Kier molecular flexibility index (Phi) is 7.78. The van der Waals surface area contributed by atoms with Crippen molar-refractivity contribution in [1.82, 2.24) is 4.90 Å². The van der Waals surface area contributed by atoms with Gasteiger partial charge in [0.15, 0.2) is 11.5 Å². The number of carbonyl (C=O) groups is 2. The number of nitrogens with zero attached hydrogens (tertiary/aromatic N) is 1. The molecule has 1 fully saturated rings. The van der Waals surface area contributed by atoms with Gasteiger partial charge >= 0.3 is 0 Å². The van der Waals surface area contributed by atoms with Gasteiger partial charge in [-0.2, -0.15) is 0 Å². The number of ether oxygens (including phenoxy) is 2. The maximum atomic E-state index is 12.5. The van der Waals surface area contributed by atoms with Crippen LogP contribution in [0.15, 0.2) is 34.2 Å². The largest absolute Gasteiger partial charge is 0.490 e. The van der Waals surface area contributed by atoms with Crippen LogP contribution in [0.5, 0.6) is 11.5 Å². The standard InChI is InChI=1S/C19H22BrNO4S/c1-4-7-8-21-18(22)16(26-19(21)23)12-13-10-14(20)17(25-9-5-2)15(11-13)24-6-3/h5,10-12H,2,4,6-9H2,1,3H3/b16-12-. The fourth-order valence-electron chi connectivity index (χ4n) is 2.38. The minimum Gasteiger partial charge on any atom is -0.490 e. The summed E-state index contributed by atoms with van der Waals surface area (Å²) in [5.41, 5.74) is 0.757. The molecule has 1 aliphatic heterocycles. The van der Waals surface area contributed by atoms with Crippen LogP contribution >= 0.6 is 27.7 Å². The Morgan fingerprint density at radius 1 is 1.27 bits per heavy atom. The minimum atomic E-state index is -0.241. The molecule has 0 N–H and O–H groups in total. The normalized spacial score (nSPS) is 15.7. The first kappa shape index (κ1) is 20.6. The van der Waals surface area contributed by atoms with Crippen molar-refractivity contribution in [2.24, 2.45) is 0 Å². The molecular weight excluding hydrogens is 418 g/mol. The van der Waals surface area contributed by atoms with Crippen molar-refractivity contribution in [3.05, 3.63) is 39.7 Å². The average molecular weight is 440 g/mol. The van der Waals surface area contributed by atoms with Gasteiger partial charge in [0.1, 0.15) is 6.61 Å². The predicted octanol–water partition coefficient (Wildman–Crippen LogP) is 5.25. The summed E-state index contributed by atoms with van der Waals surface area (Å²) >= 11 is 4.45. The number of benzene rings is 1. The summed E-state index contributed by atoms with van der Waals surface area (Å²) in [7, 11) is 0. The molecule has 1 aromatic carbocycles. The second-order valence-electron chi connectivity index (χ2n) is 5.55. The highest BCUT2D eigenvalue weighted by Crippen LogP contribution is 2.39. The fourth-order valence-corrected chi connectivity index (χ4v) is 3.82. The van der Waals surface area contributed by atoms with Gasteiger partial charge in [0, 0.05) is 6.54 Å². The molecule has 0 saturated carbocycles. The molecule has 0 radical (unpaired) electrons. The van der Waals surface area contributed by atoms with Crippen LogP contribution in [0.2, 0.25) is 0 Å². The van der Waals surface area contributed by atoms with Gasteiger partial charge in [0.05, 0.1) is 16.0 Å². The molecule has 0 unspecified atom stereocenters. The van der Waals surface area contributed by atoms with Crippen molar-refractivity contribution in [2.45, 2.75) is 26.7 Å². The van der Waals surface area contributed by atoms with Crippen LogP contribution in [0.4, 0.5) is 4.79 Å². The number of imide groups is 1. The van der Waals surface area contributed by atoms with E-state index in [2.05, 4.69) is 22.5 Å². The quantitative estimate of drug-likeness (QED) is 0.388. The van der Waals surface area contributed by atoms with Gasteiger partial charge in [-0.15, -0.1) is 0 Å². The van der Waals surface area contributed by atoms with Crippen LogP contribution in [-0.2, 0) is 4.79 Å². The van der Waals surface area contributed by atoms with Crippen LogP contribution in [0.3, 0.4) is 0 Å². The summed E-state index contributed by atoms with van der Waals surface area (Å²) < 4.78 is 12.0. The zero-order chi connectivity index (χ0) is 19.1. The molecule has 0 aromatic heterocycles. The Hall–Kier alpha value is -1.73. The van der Waals surface area contributed by atoms with Gasteiger partial charge in [0.25, 0.3) is 11.1 Å². The number of unbranched alkanes of at least 4 members (excludes halogenated alkanes) is 1. The zero-order valence-electron chi connectivity index (χ0n) is 14.9. The van der Waals surface area contributed by atoms with Crippen molar-refractivity contribution >= 4 is 44.9 Å². The lowest BCUT2D eigenvalue weighted by Crippen LogP contribution is -2.29. The van der Waals surface area contributed by atoms with E-state index in [0.717, 1.165) is 30.2 Å². The molecular formula is C19H22BrNO4S. The second-order valence-corrected chi connectivity index (χ2v) is 7.40. The lowest BCUT2D eigenvalue weighted by Gasteiger charge is -2.14. The highest BCUT2D eigenvalue weighted by molar-refractivity contribution is 9.10. The van der Waals surface area contributed by atoms with Crippen molar-refractivity contribution in [2.75, 3.05) is 19.8 Å². The molecule has 1 heterocycles. The molecule has 7 heteroatoms. The number of amides is 2. The zero-order valence-corrected chi connectivity index (χ0v) is 17.3. The first-order valence-corrected chi connectivity index (χ1v) is 10.1. The van der Waals surface area contributed by atoms with Gasteiger partial charge in [-0.05, 0) is 64.8 Å². The van der Waals surface area contributed by atoms with Gasteiger partial charge < -0.3 is 9.47 Å². The Labute approximate surface area is 166 Å². The van der Waals surface area contributed by atoms with Crippen LogP contribution in [-0.4, -0.2) is 35.8 Å². The summed E-state index contributed by atoms with van der Waals surface area (Å²) in [6, 6.07) is 3.63. The van der Waals surface area contributed by atoms with E-state index < -0.39 is 0 Å². The Morgan fingerprint density at radius 3 is 2.69 bits per heavy atom. The van der Waals surface area contributed by atoms with Crippen LogP contribution in [0.1, 0.15) is 32.3 Å². The molecule has 1 aromatic rings. The molecule has 0 atom stereocenters. The molecule has 5 nitrogen and oxygen atoms in total. The molecule has 0 bridgehead atoms. The van der Waals surface area contributed by atoms with E-state index >= 15 is 0 Å². The van der Waals surface area contributed by atoms with Crippen molar-refractivity contribution in [3.8, 4) is 11.5 Å². The van der Waals surface area contributed by atoms with Gasteiger partial charge in [-0.3, -0.25) is 14.5 Å². The summed E-state index contributed by atoms with van der Waals surface area (Å²) in [5.74, 6) is 0.912. The lowest BCUT2D eigenvalue weighted by atomic mass is 10.1. The average Bonchev–Trinajstić information content (AvgIpc) is 2.86. The van der Waals surface area contributed by atoms with E-state index in [-0.39, 0.29) is 11.1 Å². The van der Waals surface area contributed by atoms with Crippen LogP contribution in [0.25, 0.3) is 6.08 Å². The molecule has 0 aliphatic carbocycles. The smallest absolute Gasteiger partial charge is 0.293 e. The summed E-state index contributed by atoms with van der Waals surface area (Å²) in [6.45, 7) is 8.85. The lowest BCUT2D eigenvalue weighted by molar-refractivity contribution is -0.122. The third-order valence-corrected chi connectivity index (χ3v) is 5.08. The number of rotatable bonds is 9. The highest BCUT2D eigenvalue weighted by atomic mass is 79.9. The molecule has 1 aliphatic rings. The maximum Gasteiger partial charge on any atom is 0.293 e. The first-order valence-electron chi connectivity index (χ1n) is 8.47. The van der Waals surface area contributed by atoms with E-state index in [9.17, 15) is 9.59 Å². The number of hydrogen-bond acceptors (Lipinski definition) is 5. The number of halogens is 1. The van der Waals surface area contributed by atoms with Gasteiger partial charge in [-0.1, -0.05) is 26.0 Å². The highest BCUT2D eigenvalue weighted by Gasteiger charge is 2.34. The third kappa shape index (κ3) is 4.92. The van der Waals surface area contributed by atoms with E-state index in [4.69, 9.17) is 9.47 Å². The molecule has 1 saturated heterocycles. The van der Waals surface area contributed by atoms with Crippen LogP contribution in [0, 0.1) is 0 Å². The predicted molar refractivity (Wildman–Crippen MR) is 109 cm³/mol. The molecule has 2 rings (SSSR count). The van der Waals surface area contributed by atoms with E-state index in [1.54, 1.807) is 18.2 Å². The van der Waals surface area contributed by atoms with Crippen molar-refractivity contribution < 1.29 is 19.1 Å². The van der Waals surface area contributed by atoms with Crippen molar-refractivity contribution in [1.29, 1.82) is 0 Å². The van der Waals surface area contributed by atoms with E-state index in [1.807, 2.05) is 19.9 Å². The monoisotopic (exact) mass is 439 g/mol. The van der Waals surface area contributed by atoms with Crippen LogP contribution < -0.4 is 9.47 Å². The second kappa shape index (κ2) is 9.83. The van der Waals surface area contributed by atoms with Crippen molar-refractivity contribution in [3.63, 3.8) is 0 Å². The summed E-state index contributed by atoms with van der Waals surface area (Å²) in [4.78, 5) is 26.3. The molecule has 140 valence electrons. The number of hydrogen-bond donors (Lipinski definition) is 0. The number of carbonyl (C=O) groups excluding carboxylic acids is 2. The van der Waals surface area contributed by atoms with E-state index in [1.165, 1.54) is 4.90 Å². The van der Waals surface area contributed by atoms with Gasteiger partial charge in [-0.25, -0.2) is 0 Å². The summed E-state index contributed by atoms with van der Waals surface area (Å²) in [6.07, 6.45) is 5.10. The Morgan fingerprint density at radius 2 is 2.04 bits per heavy atom. The summed E-state index contributed by atoms with van der Waals surface area (Å²) in [5, 5.41) is -0.218. The first-order chi connectivity index (χ1) is 12.5. The maximum absolute atomic E-state index is 12.5.